The van der Waals surface area contributed by atoms with Crippen molar-refractivity contribution in [3.63, 3.8) is 0 Å². The van der Waals surface area contributed by atoms with E-state index in [0.29, 0.717) is 19.3 Å². The fourth-order valence-electron chi connectivity index (χ4n) is 7.58. The molecule has 374 valence electrons. The van der Waals surface area contributed by atoms with Crippen LogP contribution in [0.15, 0.2) is 72.9 Å². The van der Waals surface area contributed by atoms with Crippen LogP contribution in [-0.2, 0) is 28.6 Å². The van der Waals surface area contributed by atoms with Crippen molar-refractivity contribution in [3.8, 4) is 0 Å². The van der Waals surface area contributed by atoms with Crippen LogP contribution in [0, 0.1) is 0 Å². The molecule has 1 unspecified atom stereocenters. The van der Waals surface area contributed by atoms with Crippen LogP contribution >= 0.6 is 0 Å². The first-order chi connectivity index (χ1) is 32.0. The van der Waals surface area contributed by atoms with Gasteiger partial charge in [0.05, 0.1) is 0 Å². The van der Waals surface area contributed by atoms with Crippen molar-refractivity contribution in [1.82, 2.24) is 0 Å². The number of hydrogen-bond acceptors (Lipinski definition) is 6. The molecule has 65 heavy (non-hydrogen) atoms. The second-order valence-electron chi connectivity index (χ2n) is 18.1. The number of ether oxygens (including phenoxy) is 3. The van der Waals surface area contributed by atoms with E-state index in [-0.39, 0.29) is 31.1 Å². The van der Waals surface area contributed by atoms with E-state index < -0.39 is 6.10 Å². The monoisotopic (exact) mass is 907 g/mol. The van der Waals surface area contributed by atoms with Gasteiger partial charge < -0.3 is 14.2 Å². The molecule has 0 fully saturated rings. The largest absolute Gasteiger partial charge is 0.462 e. The minimum Gasteiger partial charge on any atom is -0.462 e. The van der Waals surface area contributed by atoms with Crippen molar-refractivity contribution < 1.29 is 28.6 Å². The zero-order valence-corrected chi connectivity index (χ0v) is 42.7. The number of esters is 3. The smallest absolute Gasteiger partial charge is 0.306 e. The van der Waals surface area contributed by atoms with Crippen molar-refractivity contribution in [2.75, 3.05) is 13.2 Å². The minimum absolute atomic E-state index is 0.0864. The van der Waals surface area contributed by atoms with Crippen molar-refractivity contribution in [3.05, 3.63) is 72.9 Å². The van der Waals surface area contributed by atoms with Crippen LogP contribution < -0.4 is 0 Å². The molecule has 0 rings (SSSR count). The molecule has 0 amide bonds. The molecule has 0 bridgehead atoms. The van der Waals surface area contributed by atoms with E-state index in [1.54, 1.807) is 0 Å². The van der Waals surface area contributed by atoms with E-state index in [4.69, 9.17) is 14.2 Å². The van der Waals surface area contributed by atoms with Crippen molar-refractivity contribution in [2.24, 2.45) is 0 Å². The first-order valence-corrected chi connectivity index (χ1v) is 27.4. The quantitative estimate of drug-likeness (QED) is 0.0262. The van der Waals surface area contributed by atoms with Crippen LogP contribution in [0.25, 0.3) is 0 Å². The summed E-state index contributed by atoms with van der Waals surface area (Å²) in [7, 11) is 0. The van der Waals surface area contributed by atoms with Gasteiger partial charge in [-0.15, -0.1) is 0 Å². The molecule has 0 saturated carbocycles. The van der Waals surface area contributed by atoms with Gasteiger partial charge in [0.2, 0.25) is 0 Å². The van der Waals surface area contributed by atoms with Crippen molar-refractivity contribution in [1.29, 1.82) is 0 Å². The molecule has 0 N–H and O–H groups in total. The molecule has 0 heterocycles. The molecular weight excluding hydrogens is 805 g/mol. The lowest BCUT2D eigenvalue weighted by molar-refractivity contribution is -0.167. The lowest BCUT2D eigenvalue weighted by Crippen LogP contribution is -2.30. The third kappa shape index (κ3) is 51.7. The summed E-state index contributed by atoms with van der Waals surface area (Å²) in [5.41, 5.74) is 0. The fraction of sp³-hybridized carbons (Fsp3) is 0.746. The first kappa shape index (κ1) is 61.9. The molecule has 0 aromatic carbocycles. The number of carbonyl (C=O) groups excluding carboxylic acids is 3. The highest BCUT2D eigenvalue weighted by Crippen LogP contribution is 2.15. The normalized spacial score (nSPS) is 12.6. The predicted octanol–water partition coefficient (Wildman–Crippen LogP) is 18.2. The highest BCUT2D eigenvalue weighted by atomic mass is 16.6. The number of unbranched alkanes of at least 4 members (excludes halogenated alkanes) is 26. The van der Waals surface area contributed by atoms with Gasteiger partial charge in [0.1, 0.15) is 13.2 Å². The van der Waals surface area contributed by atoms with Gasteiger partial charge in [-0.3, -0.25) is 14.4 Å². The minimum atomic E-state index is -0.789. The Morgan fingerprint density at radius 1 is 0.323 bits per heavy atom. The van der Waals surface area contributed by atoms with Crippen LogP contribution in [0.3, 0.4) is 0 Å². The maximum atomic E-state index is 12.8. The first-order valence-electron chi connectivity index (χ1n) is 27.4. The van der Waals surface area contributed by atoms with E-state index in [1.807, 2.05) is 0 Å². The summed E-state index contributed by atoms with van der Waals surface area (Å²) in [4.78, 5) is 38.0. The average Bonchev–Trinajstić information content (AvgIpc) is 3.30. The van der Waals surface area contributed by atoms with Gasteiger partial charge in [-0.1, -0.05) is 229 Å². The Kier molecular flexibility index (Phi) is 50.9. The van der Waals surface area contributed by atoms with E-state index >= 15 is 0 Å². The number of allylic oxidation sites excluding steroid dienone is 12. The topological polar surface area (TPSA) is 78.9 Å². The summed E-state index contributed by atoms with van der Waals surface area (Å²) in [6, 6.07) is 0. The maximum absolute atomic E-state index is 12.8. The molecule has 0 aromatic heterocycles. The molecule has 0 aliphatic rings. The molecule has 0 aliphatic heterocycles. The molecule has 1 atom stereocenters. The zero-order chi connectivity index (χ0) is 47.2. The maximum Gasteiger partial charge on any atom is 0.306 e. The lowest BCUT2D eigenvalue weighted by Gasteiger charge is -2.18. The molecule has 0 spiro atoms. The predicted molar refractivity (Wildman–Crippen MR) is 279 cm³/mol. The van der Waals surface area contributed by atoms with E-state index in [9.17, 15) is 14.4 Å². The van der Waals surface area contributed by atoms with Crippen LogP contribution in [0.1, 0.15) is 265 Å². The van der Waals surface area contributed by atoms with Crippen molar-refractivity contribution >= 4 is 17.9 Å². The Labute approximate surface area is 402 Å². The summed E-state index contributed by atoms with van der Waals surface area (Å²) < 4.78 is 16.8. The van der Waals surface area contributed by atoms with Gasteiger partial charge in [-0.2, -0.15) is 0 Å². The van der Waals surface area contributed by atoms with E-state index in [1.165, 1.54) is 128 Å². The molecule has 0 aliphatic carbocycles. The highest BCUT2D eigenvalue weighted by molar-refractivity contribution is 5.71. The number of carbonyl (C=O) groups is 3. The lowest BCUT2D eigenvalue weighted by atomic mass is 10.1. The van der Waals surface area contributed by atoms with E-state index in [0.717, 1.165) is 96.3 Å². The molecule has 0 radical (unpaired) electrons. The summed E-state index contributed by atoms with van der Waals surface area (Å²) >= 11 is 0. The summed E-state index contributed by atoms with van der Waals surface area (Å²) in [6.07, 6.45) is 67.5. The Bertz CT molecular complexity index is 1230. The second-order valence-corrected chi connectivity index (χ2v) is 18.1. The summed E-state index contributed by atoms with van der Waals surface area (Å²) in [5, 5.41) is 0. The Hall–Kier alpha value is -3.15. The molecule has 6 nitrogen and oxygen atoms in total. The molecule has 6 heteroatoms. The van der Waals surface area contributed by atoms with Gasteiger partial charge >= 0.3 is 17.9 Å². The Balaban J connectivity index is 4.36. The highest BCUT2D eigenvalue weighted by Gasteiger charge is 2.19. The standard InChI is InChI=1S/C59H102O6/c1-4-7-10-13-16-19-21-23-25-27-29-31-33-35-37-40-43-46-49-52-58(61)64-55-56(54-63-57(60)51-48-45-42-39-18-15-12-9-6-3)65-59(62)53-50-47-44-41-38-36-34-32-30-28-26-24-22-20-17-14-11-8-5-2/h7,10,16,19,23,25,28-31,35,37,56H,4-6,8-9,11-15,17-18,20-22,24,26-27,32-34,36,38-55H2,1-3H3/b10-7-,19-16-,25-23-,30-28-,31-29-,37-35-. The third-order valence-corrected chi connectivity index (χ3v) is 11.7. The third-order valence-electron chi connectivity index (χ3n) is 11.7. The molecule has 0 aromatic rings. The SMILES string of the molecule is CC/C=C\C/C=C\C/C=C\C/C=C\C/C=C\CCCCCC(=O)OCC(COC(=O)CCCCCCCCCCC)OC(=O)CCCCCCCCC/C=C\CCCCCCCCCC. The van der Waals surface area contributed by atoms with Crippen molar-refractivity contribution in [2.45, 2.75) is 271 Å². The summed E-state index contributed by atoms with van der Waals surface area (Å²) in [5.74, 6) is -0.922. The Morgan fingerprint density at radius 3 is 0.969 bits per heavy atom. The van der Waals surface area contributed by atoms with Gasteiger partial charge in [0.25, 0.3) is 0 Å². The molecule has 0 saturated heterocycles. The zero-order valence-electron chi connectivity index (χ0n) is 42.7. The van der Waals surface area contributed by atoms with Gasteiger partial charge in [0.15, 0.2) is 6.10 Å². The van der Waals surface area contributed by atoms with Crippen LogP contribution in [0.4, 0.5) is 0 Å². The summed E-state index contributed by atoms with van der Waals surface area (Å²) in [6.45, 7) is 6.48. The van der Waals surface area contributed by atoms with Gasteiger partial charge in [-0.25, -0.2) is 0 Å². The molecular formula is C59H102O6. The average molecular weight is 907 g/mol. The Morgan fingerprint density at radius 2 is 0.600 bits per heavy atom. The van der Waals surface area contributed by atoms with Crippen LogP contribution in [-0.4, -0.2) is 37.2 Å². The second kappa shape index (κ2) is 53.5. The fourth-order valence-corrected chi connectivity index (χ4v) is 7.58. The van der Waals surface area contributed by atoms with E-state index in [2.05, 4.69) is 93.7 Å². The number of hydrogen-bond donors (Lipinski definition) is 0. The van der Waals surface area contributed by atoms with Gasteiger partial charge in [0, 0.05) is 19.3 Å². The van der Waals surface area contributed by atoms with Crippen LogP contribution in [0.5, 0.6) is 0 Å². The van der Waals surface area contributed by atoms with Crippen LogP contribution in [0.2, 0.25) is 0 Å². The number of rotatable bonds is 49. The van der Waals surface area contributed by atoms with Gasteiger partial charge in [-0.05, 0) is 89.9 Å².